The summed E-state index contributed by atoms with van der Waals surface area (Å²) in [4.78, 5) is 22.6. The molecule has 12 heteroatoms. The average Bonchev–Trinajstić information content (AvgIpc) is 2.87. The fourth-order valence-electron chi connectivity index (χ4n) is 3.15. The number of nitro benzene ring substituents is 1. The van der Waals surface area contributed by atoms with Gasteiger partial charge in [-0.1, -0.05) is 0 Å². The smallest absolute Gasteiger partial charge is 0.269 e. The van der Waals surface area contributed by atoms with Crippen molar-refractivity contribution in [2.75, 3.05) is 23.7 Å². The summed E-state index contributed by atoms with van der Waals surface area (Å²) in [6, 6.07) is 19.4. The van der Waals surface area contributed by atoms with Gasteiger partial charge in [-0.05, 0) is 78.7 Å². The molecule has 0 aromatic heterocycles. The van der Waals surface area contributed by atoms with Gasteiger partial charge in [0.05, 0.1) is 29.7 Å². The number of nitrogens with zero attached hydrogens (tertiary/aromatic N) is 3. The van der Waals surface area contributed by atoms with E-state index in [4.69, 9.17) is 9.47 Å². The fourth-order valence-corrected chi connectivity index (χ4v) is 4.01. The summed E-state index contributed by atoms with van der Waals surface area (Å²) in [6.07, 6.45) is 2.44. The average molecular weight is 527 g/mol. The van der Waals surface area contributed by atoms with E-state index >= 15 is 0 Å². The quantitative estimate of drug-likeness (QED) is 0.216. The molecule has 3 aromatic rings. The van der Waals surface area contributed by atoms with E-state index in [-0.39, 0.29) is 12.3 Å². The van der Waals surface area contributed by atoms with Crippen LogP contribution >= 0.6 is 0 Å². The minimum absolute atomic E-state index is 0.0136. The van der Waals surface area contributed by atoms with Crippen molar-refractivity contribution < 1.29 is 27.6 Å². The van der Waals surface area contributed by atoms with E-state index in [1.807, 2.05) is 6.92 Å². The van der Waals surface area contributed by atoms with Crippen LogP contribution in [-0.2, 0) is 21.4 Å². The van der Waals surface area contributed by atoms with Gasteiger partial charge in [0.15, 0.2) is 0 Å². The fraction of sp³-hybridized carbons (Fsp3) is 0.200. The molecule has 37 heavy (non-hydrogen) atoms. The van der Waals surface area contributed by atoms with Gasteiger partial charge in [-0.15, -0.1) is 0 Å². The van der Waals surface area contributed by atoms with E-state index in [2.05, 4.69) is 10.5 Å². The van der Waals surface area contributed by atoms with Gasteiger partial charge >= 0.3 is 0 Å². The topological polar surface area (TPSA) is 140 Å². The first-order chi connectivity index (χ1) is 17.7. The second-order valence-electron chi connectivity index (χ2n) is 7.77. The number of hydrazone groups is 1. The maximum Gasteiger partial charge on any atom is 0.269 e. The van der Waals surface area contributed by atoms with Crippen molar-refractivity contribution in [3.8, 4) is 11.5 Å². The number of hydrogen-bond donors (Lipinski definition) is 1. The van der Waals surface area contributed by atoms with Crippen LogP contribution < -0.4 is 19.2 Å². The lowest BCUT2D eigenvalue weighted by atomic mass is 10.2. The molecule has 1 amide bonds. The molecule has 0 radical (unpaired) electrons. The van der Waals surface area contributed by atoms with Crippen LogP contribution in [0.4, 0.5) is 11.4 Å². The molecule has 194 valence electrons. The Labute approximate surface area is 214 Å². The minimum Gasteiger partial charge on any atom is -0.494 e. The minimum atomic E-state index is -3.72. The molecular formula is C25H26N4O7S. The van der Waals surface area contributed by atoms with Gasteiger partial charge in [-0.3, -0.25) is 19.2 Å². The third-order valence-electron chi connectivity index (χ3n) is 4.96. The molecule has 0 saturated heterocycles. The zero-order chi connectivity index (χ0) is 26.8. The van der Waals surface area contributed by atoms with Crippen LogP contribution in [0.3, 0.4) is 0 Å². The van der Waals surface area contributed by atoms with E-state index in [1.54, 1.807) is 60.7 Å². The van der Waals surface area contributed by atoms with Crippen molar-refractivity contribution in [1.29, 1.82) is 0 Å². The Bertz CT molecular complexity index is 1340. The number of carbonyl (C=O) groups excluding carboxylic acids is 1. The van der Waals surface area contributed by atoms with Crippen LogP contribution in [0, 0.1) is 10.1 Å². The number of amides is 1. The Balaban J connectivity index is 1.52. The second kappa shape index (κ2) is 12.5. The Morgan fingerprint density at radius 3 is 2.16 bits per heavy atom. The van der Waals surface area contributed by atoms with E-state index in [0.29, 0.717) is 29.4 Å². The standard InChI is InChI=1S/C25H26N4O7S/c1-3-35-23-14-10-21(11-15-23)28(37(2,33)34)17-25(30)27-26-16-19-6-12-24(13-7-19)36-18-20-4-8-22(9-5-20)29(31)32/h4-16H,3,17-18H2,1-2H3,(H,27,30)/b26-16-. The van der Waals surface area contributed by atoms with Gasteiger partial charge in [-0.25, -0.2) is 13.8 Å². The number of nitro groups is 1. The van der Waals surface area contributed by atoms with Crippen molar-refractivity contribution in [2.45, 2.75) is 13.5 Å². The molecular weight excluding hydrogens is 500 g/mol. The lowest BCUT2D eigenvalue weighted by Gasteiger charge is -2.21. The van der Waals surface area contributed by atoms with Crippen LogP contribution in [0.1, 0.15) is 18.1 Å². The molecule has 3 rings (SSSR count). The van der Waals surface area contributed by atoms with Gasteiger partial charge in [0.2, 0.25) is 10.0 Å². The molecule has 0 spiro atoms. The summed E-state index contributed by atoms with van der Waals surface area (Å²) in [5, 5.41) is 14.6. The normalized spacial score (nSPS) is 11.2. The predicted molar refractivity (Wildman–Crippen MR) is 139 cm³/mol. The largest absolute Gasteiger partial charge is 0.494 e. The summed E-state index contributed by atoms with van der Waals surface area (Å²) in [7, 11) is -3.72. The van der Waals surface area contributed by atoms with Crippen LogP contribution in [-0.4, -0.2) is 44.9 Å². The Hall–Kier alpha value is -4.45. The Kier molecular flexibility index (Phi) is 9.16. The maximum atomic E-state index is 12.4. The SMILES string of the molecule is CCOc1ccc(N(CC(=O)N/N=C\c2ccc(OCc3ccc([N+](=O)[O-])cc3)cc2)S(C)(=O)=O)cc1. The highest BCUT2D eigenvalue weighted by Crippen LogP contribution is 2.21. The summed E-state index contributed by atoms with van der Waals surface area (Å²) in [5.41, 5.74) is 4.13. The number of ether oxygens (including phenoxy) is 2. The van der Waals surface area contributed by atoms with Crippen molar-refractivity contribution in [3.05, 3.63) is 94.0 Å². The van der Waals surface area contributed by atoms with Crippen molar-refractivity contribution in [1.82, 2.24) is 5.43 Å². The van der Waals surface area contributed by atoms with Gasteiger partial charge in [0, 0.05) is 12.1 Å². The lowest BCUT2D eigenvalue weighted by Crippen LogP contribution is -2.39. The maximum absolute atomic E-state index is 12.4. The van der Waals surface area contributed by atoms with Gasteiger partial charge < -0.3 is 9.47 Å². The molecule has 0 aliphatic rings. The van der Waals surface area contributed by atoms with Gasteiger partial charge in [-0.2, -0.15) is 5.10 Å². The Morgan fingerprint density at radius 1 is 1.00 bits per heavy atom. The summed E-state index contributed by atoms with van der Waals surface area (Å²) >= 11 is 0. The molecule has 11 nitrogen and oxygen atoms in total. The van der Waals surface area contributed by atoms with Crippen LogP contribution in [0.2, 0.25) is 0 Å². The molecule has 1 N–H and O–H groups in total. The number of benzene rings is 3. The second-order valence-corrected chi connectivity index (χ2v) is 9.68. The highest BCUT2D eigenvalue weighted by molar-refractivity contribution is 7.92. The van der Waals surface area contributed by atoms with E-state index < -0.39 is 27.4 Å². The van der Waals surface area contributed by atoms with Gasteiger partial charge in [0.25, 0.3) is 11.6 Å². The molecule has 0 bridgehead atoms. The van der Waals surface area contributed by atoms with Crippen LogP contribution in [0.5, 0.6) is 11.5 Å². The highest BCUT2D eigenvalue weighted by Gasteiger charge is 2.20. The van der Waals surface area contributed by atoms with Crippen molar-refractivity contribution in [2.24, 2.45) is 5.10 Å². The van der Waals surface area contributed by atoms with Crippen molar-refractivity contribution in [3.63, 3.8) is 0 Å². The Morgan fingerprint density at radius 2 is 1.59 bits per heavy atom. The first-order valence-electron chi connectivity index (χ1n) is 11.1. The monoisotopic (exact) mass is 526 g/mol. The molecule has 0 aliphatic heterocycles. The van der Waals surface area contributed by atoms with E-state index in [0.717, 1.165) is 16.1 Å². The zero-order valence-corrected chi connectivity index (χ0v) is 21.1. The predicted octanol–water partition coefficient (Wildman–Crippen LogP) is 3.49. The summed E-state index contributed by atoms with van der Waals surface area (Å²) < 4.78 is 36.5. The first-order valence-corrected chi connectivity index (χ1v) is 13.0. The van der Waals surface area contributed by atoms with E-state index in [9.17, 15) is 23.3 Å². The van der Waals surface area contributed by atoms with Gasteiger partial charge in [0.1, 0.15) is 24.7 Å². The summed E-state index contributed by atoms with van der Waals surface area (Å²) in [6.45, 7) is 2.12. The van der Waals surface area contributed by atoms with Crippen molar-refractivity contribution >= 4 is 33.5 Å². The number of non-ortho nitro benzene ring substituents is 1. The van der Waals surface area contributed by atoms with Crippen LogP contribution in [0.15, 0.2) is 77.9 Å². The van der Waals surface area contributed by atoms with E-state index in [1.165, 1.54) is 18.3 Å². The third-order valence-corrected chi connectivity index (χ3v) is 6.10. The van der Waals surface area contributed by atoms with Crippen LogP contribution in [0.25, 0.3) is 0 Å². The highest BCUT2D eigenvalue weighted by atomic mass is 32.2. The molecule has 0 heterocycles. The molecule has 0 aliphatic carbocycles. The number of rotatable bonds is 12. The molecule has 0 atom stereocenters. The number of anilines is 1. The molecule has 0 saturated carbocycles. The molecule has 0 unspecified atom stereocenters. The number of hydrogen-bond acceptors (Lipinski definition) is 8. The number of nitrogens with one attached hydrogen (secondary N) is 1. The first kappa shape index (κ1) is 27.1. The number of sulfonamides is 1. The third kappa shape index (κ3) is 8.32. The molecule has 3 aromatic carbocycles. The molecule has 0 fully saturated rings. The lowest BCUT2D eigenvalue weighted by molar-refractivity contribution is -0.384. The summed E-state index contributed by atoms with van der Waals surface area (Å²) in [5.74, 6) is 0.564. The zero-order valence-electron chi connectivity index (χ0n) is 20.2. The number of carbonyl (C=O) groups is 1.